The first-order valence-corrected chi connectivity index (χ1v) is 5.13. The Morgan fingerprint density at radius 2 is 2.15 bits per heavy atom. The molecule has 0 amide bonds. The maximum Gasteiger partial charge on any atom is 0.0771 e. The van der Waals surface area contributed by atoms with Crippen LogP contribution in [-0.2, 0) is 0 Å². The zero-order valence-electron chi connectivity index (χ0n) is 7.82. The smallest absolute Gasteiger partial charge is 0.0771 e. The van der Waals surface area contributed by atoms with Crippen LogP contribution in [0.25, 0.3) is 0 Å². The maximum absolute atomic E-state index is 9.41. The molecule has 3 N–H and O–H groups in total. The third kappa shape index (κ3) is 1.73. The quantitative estimate of drug-likeness (QED) is 0.591. The molecule has 0 aromatic heterocycles. The van der Waals surface area contributed by atoms with E-state index in [0.717, 1.165) is 19.3 Å². The predicted molar refractivity (Wildman–Crippen MR) is 48.1 cm³/mol. The molecular formula is C10H18O3. The highest BCUT2D eigenvalue weighted by Crippen LogP contribution is 2.66. The van der Waals surface area contributed by atoms with Gasteiger partial charge in [0.25, 0.3) is 0 Å². The first-order valence-electron chi connectivity index (χ1n) is 5.13. The normalized spacial score (nSPS) is 44.5. The van der Waals surface area contributed by atoms with Crippen molar-refractivity contribution >= 4 is 0 Å². The molecule has 0 heterocycles. The van der Waals surface area contributed by atoms with E-state index in [2.05, 4.69) is 0 Å². The van der Waals surface area contributed by atoms with Crippen molar-refractivity contribution in [2.24, 2.45) is 11.3 Å². The molecule has 76 valence electrons. The highest BCUT2D eigenvalue weighted by Gasteiger charge is 2.58. The lowest BCUT2D eigenvalue weighted by molar-refractivity contribution is 0.0785. The molecule has 0 aromatic rings. The molecule has 0 aromatic carbocycles. The average molecular weight is 186 g/mol. The summed E-state index contributed by atoms with van der Waals surface area (Å²) >= 11 is 0. The van der Waals surface area contributed by atoms with Gasteiger partial charge in [0.2, 0.25) is 0 Å². The van der Waals surface area contributed by atoms with Gasteiger partial charge in [-0.2, -0.15) is 0 Å². The van der Waals surface area contributed by atoms with Gasteiger partial charge in [-0.05, 0) is 43.4 Å². The topological polar surface area (TPSA) is 60.7 Å². The van der Waals surface area contributed by atoms with Crippen LogP contribution in [0, 0.1) is 11.3 Å². The molecule has 13 heavy (non-hydrogen) atoms. The lowest BCUT2D eigenvalue weighted by atomic mass is 9.95. The lowest BCUT2D eigenvalue weighted by Gasteiger charge is -2.14. The van der Waals surface area contributed by atoms with Crippen LogP contribution in [0.4, 0.5) is 0 Å². The monoisotopic (exact) mass is 186 g/mol. The Bertz CT molecular complexity index is 195. The van der Waals surface area contributed by atoms with Crippen LogP contribution in [0.15, 0.2) is 0 Å². The van der Waals surface area contributed by atoms with Crippen LogP contribution >= 0.6 is 0 Å². The van der Waals surface area contributed by atoms with Gasteiger partial charge in [0.1, 0.15) is 0 Å². The minimum atomic E-state index is -0.562. The SMILES string of the molecule is OCC(O)CCC12CC(O)CC1C2. The number of hydrogen-bond acceptors (Lipinski definition) is 3. The minimum absolute atomic E-state index is 0.106. The van der Waals surface area contributed by atoms with Crippen molar-refractivity contribution in [3.8, 4) is 0 Å². The van der Waals surface area contributed by atoms with Gasteiger partial charge >= 0.3 is 0 Å². The van der Waals surface area contributed by atoms with Gasteiger partial charge in [-0.25, -0.2) is 0 Å². The summed E-state index contributed by atoms with van der Waals surface area (Å²) in [5, 5.41) is 27.3. The van der Waals surface area contributed by atoms with Crippen LogP contribution in [-0.4, -0.2) is 34.1 Å². The molecule has 4 atom stereocenters. The van der Waals surface area contributed by atoms with Crippen molar-refractivity contribution < 1.29 is 15.3 Å². The number of fused-ring (bicyclic) bond motifs is 1. The summed E-state index contributed by atoms with van der Waals surface area (Å²) in [4.78, 5) is 0. The third-order valence-corrected chi connectivity index (χ3v) is 3.74. The number of aliphatic hydroxyl groups excluding tert-OH is 3. The summed E-state index contributed by atoms with van der Waals surface area (Å²) in [7, 11) is 0. The first kappa shape index (κ1) is 9.44. The van der Waals surface area contributed by atoms with Crippen LogP contribution in [0.3, 0.4) is 0 Å². The molecule has 0 saturated heterocycles. The van der Waals surface area contributed by atoms with E-state index >= 15 is 0 Å². The van der Waals surface area contributed by atoms with Crippen molar-refractivity contribution in [2.75, 3.05) is 6.61 Å². The van der Waals surface area contributed by atoms with E-state index in [1.807, 2.05) is 0 Å². The van der Waals surface area contributed by atoms with Crippen LogP contribution in [0.2, 0.25) is 0 Å². The maximum atomic E-state index is 9.41. The molecule has 0 bridgehead atoms. The summed E-state index contributed by atoms with van der Waals surface area (Å²) in [6.07, 6.45) is 4.07. The van der Waals surface area contributed by atoms with E-state index in [-0.39, 0.29) is 12.7 Å². The first-order chi connectivity index (χ1) is 6.16. The van der Waals surface area contributed by atoms with Crippen molar-refractivity contribution in [1.29, 1.82) is 0 Å². The Kier molecular flexibility index (Phi) is 2.34. The molecular weight excluding hydrogens is 168 g/mol. The fraction of sp³-hybridized carbons (Fsp3) is 1.00. The van der Waals surface area contributed by atoms with E-state index in [4.69, 9.17) is 5.11 Å². The van der Waals surface area contributed by atoms with Gasteiger partial charge in [-0.15, -0.1) is 0 Å². The van der Waals surface area contributed by atoms with Gasteiger partial charge in [0, 0.05) is 0 Å². The molecule has 2 rings (SSSR count). The summed E-state index contributed by atoms with van der Waals surface area (Å²) in [6.45, 7) is -0.136. The van der Waals surface area contributed by atoms with E-state index in [1.54, 1.807) is 0 Å². The summed E-state index contributed by atoms with van der Waals surface area (Å²) in [6, 6.07) is 0. The Morgan fingerprint density at radius 1 is 1.38 bits per heavy atom. The number of aliphatic hydroxyl groups is 3. The molecule has 0 radical (unpaired) electrons. The highest BCUT2D eigenvalue weighted by molar-refractivity contribution is 5.09. The summed E-state index contributed by atoms with van der Waals surface area (Å²) < 4.78 is 0. The Hall–Kier alpha value is -0.120. The van der Waals surface area contributed by atoms with Gasteiger partial charge in [-0.1, -0.05) is 0 Å². The standard InChI is InChI=1S/C10H18O3/c11-6-8(12)1-2-10-4-7(10)3-9(13)5-10/h7-9,11-13H,1-6H2. The van der Waals surface area contributed by atoms with E-state index < -0.39 is 6.10 Å². The second-order valence-electron chi connectivity index (χ2n) is 4.73. The van der Waals surface area contributed by atoms with E-state index in [9.17, 15) is 10.2 Å². The Balaban J connectivity index is 1.77. The average Bonchev–Trinajstić information content (AvgIpc) is 2.66. The molecule has 2 aliphatic rings. The highest BCUT2D eigenvalue weighted by atomic mass is 16.3. The third-order valence-electron chi connectivity index (χ3n) is 3.74. The van der Waals surface area contributed by atoms with Gasteiger partial charge in [0.05, 0.1) is 18.8 Å². The van der Waals surface area contributed by atoms with Crippen molar-refractivity contribution in [3.05, 3.63) is 0 Å². The Morgan fingerprint density at radius 3 is 2.69 bits per heavy atom. The summed E-state index contributed by atoms with van der Waals surface area (Å²) in [5.41, 5.74) is 0.343. The second kappa shape index (κ2) is 3.23. The van der Waals surface area contributed by atoms with Crippen LogP contribution in [0.1, 0.15) is 32.1 Å². The van der Waals surface area contributed by atoms with Gasteiger partial charge in [0.15, 0.2) is 0 Å². The van der Waals surface area contributed by atoms with E-state index in [1.165, 1.54) is 6.42 Å². The molecule has 2 saturated carbocycles. The van der Waals surface area contributed by atoms with Crippen LogP contribution < -0.4 is 0 Å². The van der Waals surface area contributed by atoms with Crippen molar-refractivity contribution in [3.63, 3.8) is 0 Å². The fourth-order valence-electron chi connectivity index (χ4n) is 2.85. The van der Waals surface area contributed by atoms with Crippen LogP contribution in [0.5, 0.6) is 0 Å². The molecule has 3 heteroatoms. The molecule has 4 unspecified atom stereocenters. The minimum Gasteiger partial charge on any atom is -0.394 e. The second-order valence-corrected chi connectivity index (χ2v) is 4.73. The fourth-order valence-corrected chi connectivity index (χ4v) is 2.85. The van der Waals surface area contributed by atoms with E-state index in [0.29, 0.717) is 17.8 Å². The van der Waals surface area contributed by atoms with Crippen molar-refractivity contribution in [2.45, 2.75) is 44.3 Å². The zero-order chi connectivity index (χ0) is 9.47. The molecule has 0 spiro atoms. The Labute approximate surface area is 78.4 Å². The predicted octanol–water partition coefficient (Wildman–Crippen LogP) is 0.281. The zero-order valence-corrected chi connectivity index (χ0v) is 7.82. The molecule has 3 nitrogen and oxygen atoms in total. The van der Waals surface area contributed by atoms with Gasteiger partial charge in [-0.3, -0.25) is 0 Å². The molecule has 2 aliphatic carbocycles. The van der Waals surface area contributed by atoms with Gasteiger partial charge < -0.3 is 15.3 Å². The number of rotatable bonds is 4. The molecule has 2 fully saturated rings. The largest absolute Gasteiger partial charge is 0.394 e. The number of hydrogen-bond donors (Lipinski definition) is 3. The molecule has 0 aliphatic heterocycles. The van der Waals surface area contributed by atoms with Crippen molar-refractivity contribution in [1.82, 2.24) is 0 Å². The summed E-state index contributed by atoms with van der Waals surface area (Å²) in [5.74, 6) is 0.702. The lowest BCUT2D eigenvalue weighted by Crippen LogP contribution is -2.15.